The minimum Gasteiger partial charge on any atom is -0.308 e. The number of aryl methyl sites for hydroxylation is 1. The van der Waals surface area contributed by atoms with E-state index >= 15 is 0 Å². The van der Waals surface area contributed by atoms with Gasteiger partial charge in [0.15, 0.2) is 0 Å². The van der Waals surface area contributed by atoms with Crippen molar-refractivity contribution in [1.82, 2.24) is 4.98 Å². The van der Waals surface area contributed by atoms with Crippen molar-refractivity contribution in [2.45, 2.75) is 6.92 Å². The Morgan fingerprint density at radius 3 is 2.89 bits per heavy atom. The average molecular weight is 120 g/mol. The molecule has 1 rings (SSSR count). The number of pyridine rings is 1. The summed E-state index contributed by atoms with van der Waals surface area (Å²) < 4.78 is 0. The fraction of sp³-hybridized carbons (Fsp3) is 0.143. The SMILES string of the molecule is Cc1ccncc1C=N. The van der Waals surface area contributed by atoms with Crippen LogP contribution in [0.4, 0.5) is 0 Å². The lowest BCUT2D eigenvalue weighted by Gasteiger charge is -1.93. The molecule has 1 heterocycles. The molecule has 0 saturated carbocycles. The Morgan fingerprint density at radius 2 is 2.44 bits per heavy atom. The molecule has 0 aliphatic heterocycles. The van der Waals surface area contributed by atoms with Gasteiger partial charge in [0.2, 0.25) is 0 Å². The van der Waals surface area contributed by atoms with Crippen molar-refractivity contribution in [2.75, 3.05) is 0 Å². The summed E-state index contributed by atoms with van der Waals surface area (Å²) in [5.41, 5.74) is 1.98. The Kier molecular flexibility index (Phi) is 1.58. The Morgan fingerprint density at radius 1 is 1.67 bits per heavy atom. The maximum atomic E-state index is 6.92. The van der Waals surface area contributed by atoms with E-state index in [9.17, 15) is 0 Å². The van der Waals surface area contributed by atoms with Crippen molar-refractivity contribution in [3.05, 3.63) is 29.6 Å². The minimum absolute atomic E-state index is 0.887. The standard InChI is InChI=1S/C7H8N2/c1-6-2-3-9-5-7(6)4-8/h2-5,8H,1H3. The van der Waals surface area contributed by atoms with Crippen molar-refractivity contribution >= 4 is 6.21 Å². The van der Waals surface area contributed by atoms with Crippen LogP contribution < -0.4 is 0 Å². The van der Waals surface area contributed by atoms with Crippen LogP contribution in [0.2, 0.25) is 0 Å². The van der Waals surface area contributed by atoms with Gasteiger partial charge in [-0.3, -0.25) is 4.98 Å². The molecule has 0 bridgehead atoms. The summed E-state index contributed by atoms with van der Waals surface area (Å²) >= 11 is 0. The predicted molar refractivity (Wildman–Crippen MR) is 36.9 cm³/mol. The van der Waals surface area contributed by atoms with E-state index in [0.29, 0.717) is 0 Å². The van der Waals surface area contributed by atoms with Crippen LogP contribution in [-0.2, 0) is 0 Å². The number of hydrogen-bond acceptors (Lipinski definition) is 2. The third-order valence-electron chi connectivity index (χ3n) is 1.24. The molecule has 0 amide bonds. The summed E-state index contributed by atoms with van der Waals surface area (Å²) in [5.74, 6) is 0. The van der Waals surface area contributed by atoms with E-state index in [1.165, 1.54) is 6.21 Å². The van der Waals surface area contributed by atoms with Crippen molar-refractivity contribution in [1.29, 1.82) is 5.41 Å². The molecule has 9 heavy (non-hydrogen) atoms. The highest BCUT2D eigenvalue weighted by molar-refractivity contribution is 5.78. The summed E-state index contributed by atoms with van der Waals surface area (Å²) in [6.07, 6.45) is 4.72. The fourth-order valence-corrected chi connectivity index (χ4v) is 0.627. The highest BCUT2D eigenvalue weighted by atomic mass is 14.6. The zero-order chi connectivity index (χ0) is 6.69. The molecule has 1 aromatic rings. The second-order valence-electron chi connectivity index (χ2n) is 1.88. The molecule has 0 aliphatic rings. The number of hydrogen-bond donors (Lipinski definition) is 1. The molecule has 2 nitrogen and oxygen atoms in total. The lowest BCUT2D eigenvalue weighted by Crippen LogP contribution is -1.85. The van der Waals surface area contributed by atoms with Gasteiger partial charge in [0, 0.05) is 24.2 Å². The molecule has 0 spiro atoms. The normalized spacial score (nSPS) is 9.00. The number of aromatic nitrogens is 1. The third-order valence-corrected chi connectivity index (χ3v) is 1.24. The van der Waals surface area contributed by atoms with Crippen LogP contribution in [0.5, 0.6) is 0 Å². The van der Waals surface area contributed by atoms with Crippen LogP contribution >= 0.6 is 0 Å². The van der Waals surface area contributed by atoms with Crippen LogP contribution in [0.1, 0.15) is 11.1 Å². The molecule has 0 radical (unpaired) electrons. The van der Waals surface area contributed by atoms with Crippen LogP contribution in [0.25, 0.3) is 0 Å². The van der Waals surface area contributed by atoms with Crippen LogP contribution in [0.15, 0.2) is 18.5 Å². The van der Waals surface area contributed by atoms with Crippen molar-refractivity contribution < 1.29 is 0 Å². The first-order valence-corrected chi connectivity index (χ1v) is 2.75. The van der Waals surface area contributed by atoms with E-state index in [1.807, 2.05) is 13.0 Å². The van der Waals surface area contributed by atoms with Gasteiger partial charge < -0.3 is 5.41 Å². The van der Waals surface area contributed by atoms with Gasteiger partial charge in [0.1, 0.15) is 0 Å². The fourth-order valence-electron chi connectivity index (χ4n) is 0.627. The Bertz CT molecular complexity index is 218. The molecular weight excluding hydrogens is 112 g/mol. The second kappa shape index (κ2) is 2.40. The maximum absolute atomic E-state index is 6.92. The number of nitrogens with zero attached hydrogens (tertiary/aromatic N) is 1. The highest BCUT2D eigenvalue weighted by Gasteiger charge is 1.89. The van der Waals surface area contributed by atoms with E-state index in [0.717, 1.165) is 11.1 Å². The van der Waals surface area contributed by atoms with Gasteiger partial charge in [-0.15, -0.1) is 0 Å². The topological polar surface area (TPSA) is 36.7 Å². The van der Waals surface area contributed by atoms with Gasteiger partial charge in [-0.25, -0.2) is 0 Å². The molecule has 46 valence electrons. The van der Waals surface area contributed by atoms with E-state index in [4.69, 9.17) is 5.41 Å². The average Bonchev–Trinajstić information content (AvgIpc) is 1.89. The summed E-state index contributed by atoms with van der Waals surface area (Å²) in [7, 11) is 0. The quantitative estimate of drug-likeness (QED) is 0.558. The first-order chi connectivity index (χ1) is 4.34. The van der Waals surface area contributed by atoms with Gasteiger partial charge in [0.05, 0.1) is 0 Å². The van der Waals surface area contributed by atoms with Crippen molar-refractivity contribution in [3.63, 3.8) is 0 Å². The first kappa shape index (κ1) is 5.95. The van der Waals surface area contributed by atoms with Crippen LogP contribution in [-0.4, -0.2) is 11.2 Å². The van der Waals surface area contributed by atoms with Crippen LogP contribution in [0.3, 0.4) is 0 Å². The summed E-state index contributed by atoms with van der Waals surface area (Å²) in [4.78, 5) is 3.87. The van der Waals surface area contributed by atoms with Gasteiger partial charge >= 0.3 is 0 Å². The molecule has 0 aliphatic carbocycles. The summed E-state index contributed by atoms with van der Waals surface area (Å²) in [6.45, 7) is 1.96. The first-order valence-electron chi connectivity index (χ1n) is 2.75. The van der Waals surface area contributed by atoms with E-state index in [2.05, 4.69) is 4.98 Å². The zero-order valence-corrected chi connectivity index (χ0v) is 5.26. The van der Waals surface area contributed by atoms with Gasteiger partial charge in [-0.1, -0.05) is 0 Å². The lowest BCUT2D eigenvalue weighted by atomic mass is 10.2. The summed E-state index contributed by atoms with van der Waals surface area (Å²) in [6, 6.07) is 1.89. The monoisotopic (exact) mass is 120 g/mol. The molecule has 2 heteroatoms. The highest BCUT2D eigenvalue weighted by Crippen LogP contribution is 1.99. The predicted octanol–water partition coefficient (Wildman–Crippen LogP) is 1.39. The van der Waals surface area contributed by atoms with E-state index in [1.54, 1.807) is 12.4 Å². The van der Waals surface area contributed by atoms with Gasteiger partial charge in [-0.05, 0) is 18.6 Å². The Labute approximate surface area is 54.1 Å². The molecule has 0 atom stereocenters. The Balaban J connectivity index is 3.15. The second-order valence-corrected chi connectivity index (χ2v) is 1.88. The van der Waals surface area contributed by atoms with Gasteiger partial charge in [-0.2, -0.15) is 0 Å². The molecular formula is C7H8N2. The molecule has 0 unspecified atom stereocenters. The summed E-state index contributed by atoms with van der Waals surface area (Å²) in [5, 5.41) is 6.92. The van der Waals surface area contributed by atoms with E-state index < -0.39 is 0 Å². The smallest absolute Gasteiger partial charge is 0.0358 e. The molecule has 1 aromatic heterocycles. The van der Waals surface area contributed by atoms with Crippen molar-refractivity contribution in [2.24, 2.45) is 0 Å². The minimum atomic E-state index is 0.887. The Hall–Kier alpha value is -1.18. The molecule has 1 N–H and O–H groups in total. The molecule has 0 saturated heterocycles. The number of rotatable bonds is 1. The lowest BCUT2D eigenvalue weighted by molar-refractivity contribution is 1.27. The van der Waals surface area contributed by atoms with Crippen LogP contribution in [0, 0.1) is 12.3 Å². The van der Waals surface area contributed by atoms with Crippen molar-refractivity contribution in [3.8, 4) is 0 Å². The molecule has 0 fully saturated rings. The number of nitrogens with one attached hydrogen (secondary N) is 1. The largest absolute Gasteiger partial charge is 0.308 e. The van der Waals surface area contributed by atoms with E-state index in [-0.39, 0.29) is 0 Å². The molecule has 0 aromatic carbocycles. The van der Waals surface area contributed by atoms with Gasteiger partial charge in [0.25, 0.3) is 0 Å². The zero-order valence-electron chi connectivity index (χ0n) is 5.26. The maximum Gasteiger partial charge on any atom is 0.0358 e. The third kappa shape index (κ3) is 1.13.